The van der Waals surface area contributed by atoms with Gasteiger partial charge in [0.2, 0.25) is 5.89 Å². The van der Waals surface area contributed by atoms with Gasteiger partial charge in [0, 0.05) is 38.0 Å². The molecule has 2 unspecified atom stereocenters. The third-order valence-electron chi connectivity index (χ3n) is 7.29. The van der Waals surface area contributed by atoms with Crippen LogP contribution in [0.5, 0.6) is 0 Å². The third kappa shape index (κ3) is 7.73. The van der Waals surface area contributed by atoms with E-state index < -0.39 is 17.2 Å². The molecule has 2 saturated heterocycles. The van der Waals surface area contributed by atoms with Gasteiger partial charge in [-0.2, -0.15) is 4.98 Å². The summed E-state index contributed by atoms with van der Waals surface area (Å²) >= 11 is 10.9. The van der Waals surface area contributed by atoms with E-state index in [1.807, 2.05) is 41.5 Å². The van der Waals surface area contributed by atoms with Crippen molar-refractivity contribution in [2.75, 3.05) is 32.1 Å². The lowest BCUT2D eigenvalue weighted by Crippen LogP contribution is -2.38. The number of ether oxygens (including phenoxy) is 2. The number of halogens is 2. The second-order valence-electron chi connectivity index (χ2n) is 12.8. The smallest absolute Gasteiger partial charge is 0.410 e. The predicted octanol–water partition coefficient (Wildman–Crippen LogP) is 3.54. The molecule has 2 aliphatic heterocycles. The van der Waals surface area contributed by atoms with Gasteiger partial charge >= 0.3 is 18.2 Å². The first kappa shape index (κ1) is 31.1. The van der Waals surface area contributed by atoms with Crippen LogP contribution in [-0.4, -0.2) is 87.2 Å². The molecule has 41 heavy (non-hydrogen) atoms. The van der Waals surface area contributed by atoms with Gasteiger partial charge in [-0.3, -0.25) is 0 Å². The largest absolute Gasteiger partial charge is 0.444 e. The Kier molecular flexibility index (Phi) is 8.98. The number of nitrogens with two attached hydrogens (primary N) is 1. The molecule has 1 aromatic rings. The Balaban J connectivity index is 0.000000189. The average Bonchev–Trinajstić information content (AvgIpc) is 3.42. The van der Waals surface area contributed by atoms with Crippen molar-refractivity contribution in [3.63, 3.8) is 0 Å². The summed E-state index contributed by atoms with van der Waals surface area (Å²) in [6, 6.07) is 0. The van der Waals surface area contributed by atoms with Crippen molar-refractivity contribution in [1.29, 1.82) is 0 Å². The van der Waals surface area contributed by atoms with Gasteiger partial charge in [-0.15, -0.1) is 23.2 Å². The van der Waals surface area contributed by atoms with Crippen molar-refractivity contribution in [2.45, 2.75) is 64.5 Å². The Morgan fingerprint density at radius 3 is 1.83 bits per heavy atom. The van der Waals surface area contributed by atoms with E-state index in [1.54, 1.807) is 9.80 Å². The maximum absolute atomic E-state index is 12.0. The van der Waals surface area contributed by atoms with Crippen molar-refractivity contribution in [3.8, 4) is 0 Å². The molecule has 13 nitrogen and oxygen atoms in total. The molecule has 5 rings (SSSR count). The van der Waals surface area contributed by atoms with Gasteiger partial charge < -0.3 is 34.4 Å². The minimum atomic E-state index is -0.638. The summed E-state index contributed by atoms with van der Waals surface area (Å²) in [5.74, 6) is 2.52. The van der Waals surface area contributed by atoms with E-state index in [9.17, 15) is 14.4 Å². The molecular weight excluding hydrogens is 579 g/mol. The lowest BCUT2D eigenvalue weighted by Gasteiger charge is -2.25. The Morgan fingerprint density at radius 2 is 1.41 bits per heavy atom. The maximum Gasteiger partial charge on any atom is 0.410 e. The highest BCUT2D eigenvalue weighted by atomic mass is 35.5. The summed E-state index contributed by atoms with van der Waals surface area (Å²) in [4.78, 5) is 47.0. The van der Waals surface area contributed by atoms with Crippen molar-refractivity contribution in [2.24, 2.45) is 40.5 Å². The number of rotatable bonds is 5. The van der Waals surface area contributed by atoms with Gasteiger partial charge in [-0.25, -0.2) is 14.4 Å². The second kappa shape index (κ2) is 11.8. The van der Waals surface area contributed by atoms with Gasteiger partial charge in [0.25, 0.3) is 0 Å². The van der Waals surface area contributed by atoms with Crippen LogP contribution >= 0.6 is 23.2 Å². The number of oxime groups is 1. The molecule has 3 heterocycles. The minimum absolute atomic E-state index is 0.0619. The molecule has 0 aromatic carbocycles. The number of hydrogen-bond acceptors (Lipinski definition) is 10. The summed E-state index contributed by atoms with van der Waals surface area (Å²) in [5, 5.41) is 7.55. The van der Waals surface area contributed by atoms with E-state index in [2.05, 4.69) is 20.1 Å². The summed E-state index contributed by atoms with van der Waals surface area (Å²) in [7, 11) is 0. The molecule has 228 valence electrons. The number of fused-ring (bicyclic) bond motifs is 2. The van der Waals surface area contributed by atoms with Crippen LogP contribution in [-0.2, 0) is 25.0 Å². The van der Waals surface area contributed by atoms with Crippen LogP contribution in [0.15, 0.2) is 9.68 Å². The average molecular weight is 618 g/mol. The summed E-state index contributed by atoms with van der Waals surface area (Å²) < 4.78 is 15.7. The number of hydrogen-bond donors (Lipinski definition) is 1. The third-order valence-corrected chi connectivity index (χ3v) is 7.74. The predicted molar refractivity (Wildman–Crippen MR) is 148 cm³/mol. The molecular formula is C26H38Cl2N6O7. The Labute approximate surface area is 248 Å². The van der Waals surface area contributed by atoms with Crippen LogP contribution in [0.25, 0.3) is 0 Å². The Bertz CT molecular complexity index is 1160. The zero-order valence-electron chi connectivity index (χ0n) is 24.1. The van der Waals surface area contributed by atoms with E-state index in [1.165, 1.54) is 0 Å². The molecule has 1 aromatic heterocycles. The number of aromatic nitrogens is 2. The standard InChI is InChI=1S/C13H20ClN3O4.C13H18ClN3O3/c1-13(2,3)20-12(19)17-5-7-8(6-17)10(7)11(15)16-21-9(18)4-14;1-13(2,3)19-12(18)17-5-7-8(6-17)10(7)11-15-9(4-14)20-16-11/h7-8,10H,4-6H2,1-3H3,(H2,15,16);7-8,10H,4-6H2,1-3H3/t2*7-,8+,10?. The van der Waals surface area contributed by atoms with Crippen LogP contribution in [0.3, 0.4) is 0 Å². The highest BCUT2D eigenvalue weighted by Gasteiger charge is 2.60. The SMILES string of the molecule is CC(C)(C)OC(=O)N1C[C@@H]2C(/C(N)=N/OC(=O)CCl)[C@@H]2C1.CC(C)(C)OC(=O)N1C[C@@H]2C(c3noc(CCl)n3)[C@@H]2C1. The summed E-state index contributed by atoms with van der Waals surface area (Å²) in [5.41, 5.74) is 4.84. The van der Waals surface area contributed by atoms with Gasteiger partial charge in [0.1, 0.15) is 28.8 Å². The molecule has 0 radical (unpaired) electrons. The Morgan fingerprint density at radius 1 is 0.927 bits per heavy atom. The molecule has 2 N–H and O–H groups in total. The molecule has 0 bridgehead atoms. The zero-order chi connectivity index (χ0) is 30.3. The van der Waals surface area contributed by atoms with Crippen molar-refractivity contribution in [3.05, 3.63) is 11.7 Å². The first-order valence-electron chi connectivity index (χ1n) is 13.5. The van der Waals surface area contributed by atoms with E-state index in [0.29, 0.717) is 49.8 Å². The Hall–Kier alpha value is -2.80. The highest BCUT2D eigenvalue weighted by molar-refractivity contribution is 6.26. The van der Waals surface area contributed by atoms with Crippen LogP contribution in [0.2, 0.25) is 0 Å². The van der Waals surface area contributed by atoms with Crippen LogP contribution < -0.4 is 5.73 Å². The van der Waals surface area contributed by atoms with Gasteiger partial charge in [0.05, 0.1) is 0 Å². The van der Waals surface area contributed by atoms with Crippen LogP contribution in [0.4, 0.5) is 9.59 Å². The molecule has 2 aliphatic carbocycles. The number of likely N-dealkylation sites (tertiary alicyclic amines) is 2. The van der Waals surface area contributed by atoms with Crippen LogP contribution in [0.1, 0.15) is 59.2 Å². The highest BCUT2D eigenvalue weighted by Crippen LogP contribution is 2.57. The lowest BCUT2D eigenvalue weighted by atomic mass is 10.2. The molecule has 6 atom stereocenters. The number of amides is 2. The normalized spacial score (nSPS) is 28.2. The number of carbonyl (C=O) groups excluding carboxylic acids is 3. The van der Waals surface area contributed by atoms with Gasteiger partial charge in [0.15, 0.2) is 5.82 Å². The number of alkyl halides is 2. The fraction of sp³-hybridized carbons (Fsp3) is 0.769. The van der Waals surface area contributed by atoms with Gasteiger partial charge in [-0.1, -0.05) is 10.3 Å². The fourth-order valence-corrected chi connectivity index (χ4v) is 5.63. The zero-order valence-corrected chi connectivity index (χ0v) is 25.6. The van der Waals surface area contributed by atoms with Crippen LogP contribution in [0, 0.1) is 29.6 Å². The van der Waals surface area contributed by atoms with E-state index in [4.69, 9.17) is 42.9 Å². The number of carbonyl (C=O) groups is 3. The molecule has 15 heteroatoms. The van der Waals surface area contributed by atoms with Crippen molar-refractivity contribution < 1.29 is 33.2 Å². The van der Waals surface area contributed by atoms with E-state index in [-0.39, 0.29) is 47.5 Å². The monoisotopic (exact) mass is 616 g/mol. The number of nitrogens with zero attached hydrogens (tertiary/aromatic N) is 5. The van der Waals surface area contributed by atoms with Crippen molar-refractivity contribution >= 4 is 47.2 Å². The number of amidine groups is 1. The fourth-order valence-electron chi connectivity index (χ4n) is 5.47. The summed E-state index contributed by atoms with van der Waals surface area (Å²) in [6.45, 7) is 13.7. The molecule has 2 amide bonds. The molecule has 4 aliphatic rings. The molecule has 0 spiro atoms. The van der Waals surface area contributed by atoms with Gasteiger partial charge in [-0.05, 0) is 65.2 Å². The second-order valence-corrected chi connectivity index (χ2v) is 13.3. The first-order valence-corrected chi connectivity index (χ1v) is 14.6. The van der Waals surface area contributed by atoms with Crippen molar-refractivity contribution in [1.82, 2.24) is 19.9 Å². The molecule has 2 saturated carbocycles. The van der Waals surface area contributed by atoms with E-state index >= 15 is 0 Å². The first-order chi connectivity index (χ1) is 19.1. The molecule has 4 fully saturated rings. The maximum atomic E-state index is 12.0. The lowest BCUT2D eigenvalue weighted by molar-refractivity contribution is -0.140. The number of piperidine rings is 2. The van der Waals surface area contributed by atoms with E-state index in [0.717, 1.165) is 5.82 Å². The quantitative estimate of drug-likeness (QED) is 0.170. The summed E-state index contributed by atoms with van der Waals surface area (Å²) in [6.07, 6.45) is -0.546. The minimum Gasteiger partial charge on any atom is -0.444 e. The topological polar surface area (TPSA) is 163 Å².